The van der Waals surface area contributed by atoms with Gasteiger partial charge in [-0.3, -0.25) is 4.98 Å². The number of rotatable bonds is 4. The van der Waals surface area contributed by atoms with Crippen LogP contribution >= 0.6 is 11.3 Å². The third-order valence-electron chi connectivity index (χ3n) is 1.70. The Morgan fingerprint density at radius 1 is 1.50 bits per heavy atom. The molecule has 74 valence electrons. The number of likely N-dealkylation sites (N-methyl/N-ethyl adjacent to an activating group) is 1. The van der Waals surface area contributed by atoms with Gasteiger partial charge >= 0.3 is 0 Å². The van der Waals surface area contributed by atoms with Crippen LogP contribution < -0.4 is 5.32 Å². The van der Waals surface area contributed by atoms with Gasteiger partial charge in [-0.15, -0.1) is 21.5 Å². The van der Waals surface area contributed by atoms with Crippen molar-refractivity contribution in [3.8, 4) is 10.8 Å². The first kappa shape index (κ1) is 9.29. The number of aromatic nitrogens is 3. The lowest BCUT2D eigenvalue weighted by molar-refractivity contribution is 0.501. The van der Waals surface area contributed by atoms with E-state index >= 15 is 0 Å². The molecule has 0 aliphatic heterocycles. The Hall–Kier alpha value is -1.27. The molecule has 0 radical (unpaired) electrons. The Morgan fingerprint density at radius 2 is 2.43 bits per heavy atom. The lowest BCUT2D eigenvalue weighted by Gasteiger charge is -1.91. The molecule has 2 aromatic heterocycles. The van der Waals surface area contributed by atoms with Crippen LogP contribution in [0.25, 0.3) is 10.8 Å². The molecule has 0 bridgehead atoms. The summed E-state index contributed by atoms with van der Waals surface area (Å²) in [5, 5.41) is 10.9. The number of nitrogens with zero attached hydrogens (tertiary/aromatic N) is 3. The number of hydrogen-bond donors (Lipinski definition) is 1. The van der Waals surface area contributed by atoms with Crippen LogP contribution in [-0.4, -0.2) is 28.8 Å². The normalized spacial score (nSPS) is 10.6. The van der Waals surface area contributed by atoms with Gasteiger partial charge in [-0.25, -0.2) is 0 Å². The van der Waals surface area contributed by atoms with E-state index in [4.69, 9.17) is 4.42 Å². The largest absolute Gasteiger partial charge is 0.420 e. The Kier molecular flexibility index (Phi) is 2.85. The Bertz CT molecular complexity index is 384. The molecule has 0 fully saturated rings. The highest BCUT2D eigenvalue weighted by Crippen LogP contribution is 2.21. The highest BCUT2D eigenvalue weighted by atomic mass is 32.1. The molecule has 2 heterocycles. The second-order valence-corrected chi connectivity index (χ2v) is 3.61. The predicted molar refractivity (Wildman–Crippen MR) is 53.0 cm³/mol. The van der Waals surface area contributed by atoms with E-state index in [0.29, 0.717) is 11.8 Å². The minimum Gasteiger partial charge on any atom is -0.420 e. The molecule has 14 heavy (non-hydrogen) atoms. The van der Waals surface area contributed by atoms with Gasteiger partial charge < -0.3 is 9.73 Å². The fourth-order valence-corrected chi connectivity index (χ4v) is 1.55. The van der Waals surface area contributed by atoms with Gasteiger partial charge in [0.15, 0.2) is 0 Å². The summed E-state index contributed by atoms with van der Waals surface area (Å²) >= 11 is 1.49. The number of nitrogens with one attached hydrogen (secondary N) is 1. The maximum Gasteiger partial charge on any atom is 0.259 e. The van der Waals surface area contributed by atoms with Crippen LogP contribution in [0.5, 0.6) is 0 Å². The summed E-state index contributed by atoms with van der Waals surface area (Å²) in [7, 11) is 1.89. The third kappa shape index (κ3) is 1.97. The average Bonchev–Trinajstić information content (AvgIpc) is 2.85. The van der Waals surface area contributed by atoms with Crippen LogP contribution in [0.3, 0.4) is 0 Å². The average molecular weight is 210 g/mol. The summed E-state index contributed by atoms with van der Waals surface area (Å²) < 4.78 is 5.44. The monoisotopic (exact) mass is 210 g/mol. The molecular formula is C8H10N4OS. The van der Waals surface area contributed by atoms with Crippen molar-refractivity contribution in [1.29, 1.82) is 0 Å². The van der Waals surface area contributed by atoms with Gasteiger partial charge in [0.2, 0.25) is 5.89 Å². The van der Waals surface area contributed by atoms with E-state index in [2.05, 4.69) is 20.5 Å². The van der Waals surface area contributed by atoms with E-state index in [1.807, 2.05) is 7.05 Å². The topological polar surface area (TPSA) is 63.8 Å². The molecule has 0 amide bonds. The highest BCUT2D eigenvalue weighted by Gasteiger charge is 2.08. The standard InChI is InChI=1S/C8H10N4OS/c1-9-3-2-7-11-12-8(13-7)6-4-10-5-14-6/h4-5,9H,2-3H2,1H3. The summed E-state index contributed by atoms with van der Waals surface area (Å²) in [6.45, 7) is 0.838. The van der Waals surface area contributed by atoms with Crippen molar-refractivity contribution in [2.75, 3.05) is 13.6 Å². The van der Waals surface area contributed by atoms with Gasteiger partial charge in [-0.2, -0.15) is 0 Å². The molecule has 5 nitrogen and oxygen atoms in total. The molecule has 0 spiro atoms. The molecule has 0 unspecified atom stereocenters. The summed E-state index contributed by atoms with van der Waals surface area (Å²) in [6.07, 6.45) is 2.47. The predicted octanol–water partition coefficient (Wildman–Crippen LogP) is 0.955. The van der Waals surface area contributed by atoms with E-state index in [1.165, 1.54) is 11.3 Å². The van der Waals surface area contributed by atoms with Crippen molar-refractivity contribution >= 4 is 11.3 Å². The van der Waals surface area contributed by atoms with E-state index in [9.17, 15) is 0 Å². The van der Waals surface area contributed by atoms with E-state index in [1.54, 1.807) is 11.7 Å². The first-order valence-electron chi connectivity index (χ1n) is 4.26. The molecule has 0 saturated heterocycles. The fraction of sp³-hybridized carbons (Fsp3) is 0.375. The minimum atomic E-state index is 0.554. The van der Waals surface area contributed by atoms with Crippen LogP contribution in [0.15, 0.2) is 16.1 Å². The quantitative estimate of drug-likeness (QED) is 0.814. The van der Waals surface area contributed by atoms with Gasteiger partial charge in [0, 0.05) is 13.0 Å². The van der Waals surface area contributed by atoms with Crippen LogP contribution in [0.4, 0.5) is 0 Å². The second-order valence-electron chi connectivity index (χ2n) is 2.72. The molecule has 6 heteroatoms. The summed E-state index contributed by atoms with van der Waals surface area (Å²) in [6, 6.07) is 0. The number of hydrogen-bond acceptors (Lipinski definition) is 6. The van der Waals surface area contributed by atoms with Crippen LogP contribution in [0.1, 0.15) is 5.89 Å². The van der Waals surface area contributed by atoms with Crippen molar-refractivity contribution in [2.45, 2.75) is 6.42 Å². The smallest absolute Gasteiger partial charge is 0.259 e. The first-order valence-corrected chi connectivity index (χ1v) is 5.14. The Balaban J connectivity index is 2.10. The molecule has 0 saturated carbocycles. The SMILES string of the molecule is CNCCc1nnc(-c2cncs2)o1. The molecule has 1 N–H and O–H groups in total. The van der Waals surface area contributed by atoms with Crippen LogP contribution in [-0.2, 0) is 6.42 Å². The van der Waals surface area contributed by atoms with Gasteiger partial charge in [0.25, 0.3) is 5.89 Å². The molecule has 0 atom stereocenters. The maximum absolute atomic E-state index is 5.44. The van der Waals surface area contributed by atoms with E-state index in [-0.39, 0.29) is 0 Å². The lowest BCUT2D eigenvalue weighted by Crippen LogP contribution is -2.10. The third-order valence-corrected chi connectivity index (χ3v) is 2.46. The molecule has 2 rings (SSSR count). The Labute approximate surface area is 85.2 Å². The zero-order chi connectivity index (χ0) is 9.80. The molecule has 2 aromatic rings. The molecule has 0 aliphatic rings. The highest BCUT2D eigenvalue weighted by molar-refractivity contribution is 7.13. The van der Waals surface area contributed by atoms with Crippen molar-refractivity contribution in [2.24, 2.45) is 0 Å². The summed E-state index contributed by atoms with van der Waals surface area (Å²) in [5.41, 5.74) is 1.74. The fourth-order valence-electron chi connectivity index (χ4n) is 1.01. The van der Waals surface area contributed by atoms with E-state index < -0.39 is 0 Å². The van der Waals surface area contributed by atoms with Crippen LogP contribution in [0.2, 0.25) is 0 Å². The van der Waals surface area contributed by atoms with Gasteiger partial charge in [-0.05, 0) is 7.05 Å². The zero-order valence-corrected chi connectivity index (χ0v) is 8.54. The molecular weight excluding hydrogens is 200 g/mol. The first-order chi connectivity index (χ1) is 6.90. The van der Waals surface area contributed by atoms with Gasteiger partial charge in [0.1, 0.15) is 4.88 Å². The molecule has 0 aliphatic carbocycles. The minimum absolute atomic E-state index is 0.554. The van der Waals surface area contributed by atoms with Crippen molar-refractivity contribution < 1.29 is 4.42 Å². The van der Waals surface area contributed by atoms with Crippen molar-refractivity contribution in [3.05, 3.63) is 17.6 Å². The van der Waals surface area contributed by atoms with E-state index in [0.717, 1.165) is 17.8 Å². The second kappa shape index (κ2) is 4.30. The van der Waals surface area contributed by atoms with Crippen LogP contribution in [0, 0.1) is 0 Å². The van der Waals surface area contributed by atoms with Gasteiger partial charge in [-0.1, -0.05) is 0 Å². The Morgan fingerprint density at radius 3 is 3.14 bits per heavy atom. The summed E-state index contributed by atoms with van der Waals surface area (Å²) in [4.78, 5) is 4.86. The maximum atomic E-state index is 5.44. The molecule has 0 aromatic carbocycles. The lowest BCUT2D eigenvalue weighted by atomic mass is 10.4. The summed E-state index contributed by atoms with van der Waals surface area (Å²) in [5.74, 6) is 1.21. The van der Waals surface area contributed by atoms with Gasteiger partial charge in [0.05, 0.1) is 11.7 Å². The number of thiazole rings is 1. The van der Waals surface area contributed by atoms with Crippen molar-refractivity contribution in [3.63, 3.8) is 0 Å². The van der Waals surface area contributed by atoms with Crippen molar-refractivity contribution in [1.82, 2.24) is 20.5 Å². The zero-order valence-electron chi connectivity index (χ0n) is 7.73.